The molecule has 0 atom stereocenters. The van der Waals surface area contributed by atoms with Gasteiger partial charge in [0.25, 0.3) is 0 Å². The quantitative estimate of drug-likeness (QED) is 0.128. The third-order valence-electron chi connectivity index (χ3n) is 14.5. The second-order valence-electron chi connectivity index (χ2n) is 22.7. The van der Waals surface area contributed by atoms with Gasteiger partial charge in [-0.1, -0.05) is 86.2 Å². The summed E-state index contributed by atoms with van der Waals surface area (Å²) in [5, 5.41) is 17.7. The highest BCUT2D eigenvalue weighted by molar-refractivity contribution is 9.11. The number of benzene rings is 2. The summed E-state index contributed by atoms with van der Waals surface area (Å²) in [6.07, 6.45) is 12.9. The Bertz CT molecular complexity index is 2920. The molecule has 4 aromatic heterocycles. The second kappa shape index (κ2) is 23.8. The topological polar surface area (TPSA) is 165 Å². The largest absolute Gasteiger partial charge is 0.444 e. The van der Waals surface area contributed by atoms with Gasteiger partial charge in [0.05, 0.1) is 34.9 Å². The fourth-order valence-electron chi connectivity index (χ4n) is 10.8. The smallest absolute Gasteiger partial charge is 0.410 e. The molecule has 0 radical (unpaired) electrons. The molecule has 4 aliphatic rings. The number of carbonyl (C=O) groups excluding carboxylic acids is 2. The van der Waals surface area contributed by atoms with E-state index in [0.29, 0.717) is 55.5 Å². The van der Waals surface area contributed by atoms with E-state index in [9.17, 15) is 9.59 Å². The first-order valence-corrected chi connectivity index (χ1v) is 28.6. The molecule has 6 heterocycles. The van der Waals surface area contributed by atoms with Crippen molar-refractivity contribution < 1.29 is 28.5 Å². The highest BCUT2D eigenvalue weighted by Crippen LogP contribution is 2.42. The van der Waals surface area contributed by atoms with Crippen molar-refractivity contribution in [3.8, 4) is 46.0 Å². The molecule has 0 bridgehead atoms. The van der Waals surface area contributed by atoms with E-state index in [1.54, 1.807) is 9.80 Å². The SMILES string of the molecule is Cc1nnn(C2CCN(C(=O)OC(C)(C)C)CC2)c1-c1cccc(Oc2cc(Br)cc(Br)c2)n1.Cc1nnn(C2CCN(C(=O)OC(C)(C)C)CC2)c1-c1cccc(Oc2cc(C3CCCC3)cc(C3CCCC3)c2)n1. The van der Waals surface area contributed by atoms with Gasteiger partial charge in [0.2, 0.25) is 11.8 Å². The summed E-state index contributed by atoms with van der Waals surface area (Å²) in [5.41, 5.74) is 6.78. The maximum absolute atomic E-state index is 12.6. The number of pyridine rings is 2. The minimum Gasteiger partial charge on any atom is -0.444 e. The minimum absolute atomic E-state index is 0.113. The number of hydrogen-bond donors (Lipinski definition) is 0. The lowest BCUT2D eigenvalue weighted by atomic mass is 9.90. The van der Waals surface area contributed by atoms with Gasteiger partial charge < -0.3 is 28.7 Å². The van der Waals surface area contributed by atoms with Crippen LogP contribution in [0.15, 0.2) is 81.7 Å². The lowest BCUT2D eigenvalue weighted by Gasteiger charge is -2.33. The number of nitrogens with zero attached hydrogens (tertiary/aromatic N) is 10. The molecule has 2 aliphatic carbocycles. The molecule has 0 N–H and O–H groups in total. The van der Waals surface area contributed by atoms with Crippen molar-refractivity contribution >= 4 is 44.0 Å². The van der Waals surface area contributed by atoms with E-state index in [4.69, 9.17) is 28.9 Å². The summed E-state index contributed by atoms with van der Waals surface area (Å²) < 4.78 is 29.3. The third kappa shape index (κ3) is 14.0. The molecule has 4 fully saturated rings. The van der Waals surface area contributed by atoms with E-state index < -0.39 is 11.2 Å². The number of carbonyl (C=O) groups is 2. The van der Waals surface area contributed by atoms with Crippen LogP contribution in [-0.4, -0.2) is 99.3 Å². The maximum Gasteiger partial charge on any atom is 0.410 e. The van der Waals surface area contributed by atoms with E-state index in [1.807, 2.05) is 119 Å². The van der Waals surface area contributed by atoms with Crippen molar-refractivity contribution in [3.05, 3.63) is 104 Å². The fourth-order valence-corrected chi connectivity index (χ4v) is 12.1. The first kappa shape index (κ1) is 54.9. The lowest BCUT2D eigenvalue weighted by molar-refractivity contribution is 0.0174. The molecular weight excluding hydrogens is 1090 g/mol. The van der Waals surface area contributed by atoms with Crippen molar-refractivity contribution in [1.82, 2.24) is 49.8 Å². The third-order valence-corrected chi connectivity index (χ3v) is 15.4. The first-order valence-electron chi connectivity index (χ1n) is 27.0. The summed E-state index contributed by atoms with van der Waals surface area (Å²) in [6.45, 7) is 17.7. The average molecular weight is 1170 g/mol. The van der Waals surface area contributed by atoms with Crippen LogP contribution < -0.4 is 9.47 Å². The van der Waals surface area contributed by atoms with Gasteiger partial charge in [-0.05, 0) is 172 Å². The Kier molecular flexibility index (Phi) is 17.2. The zero-order valence-corrected chi connectivity index (χ0v) is 48.4. The predicted octanol–water partition coefficient (Wildman–Crippen LogP) is 14.9. The van der Waals surface area contributed by atoms with Crippen LogP contribution in [0.3, 0.4) is 0 Å². The minimum atomic E-state index is -0.505. The average Bonchev–Trinajstić information content (AvgIpc) is 4.24. The summed E-state index contributed by atoms with van der Waals surface area (Å²) >= 11 is 6.96. The van der Waals surface area contributed by atoms with Crippen LogP contribution in [-0.2, 0) is 9.47 Å². The van der Waals surface area contributed by atoms with Gasteiger partial charge in [0.15, 0.2) is 0 Å². The Morgan fingerprint density at radius 2 is 0.908 bits per heavy atom. The molecule has 6 aromatic rings. The van der Waals surface area contributed by atoms with E-state index in [2.05, 4.69) is 70.7 Å². The monoisotopic (exact) mass is 1160 g/mol. The molecule has 2 aromatic carbocycles. The van der Waals surface area contributed by atoms with Crippen LogP contribution >= 0.6 is 31.9 Å². The van der Waals surface area contributed by atoms with Gasteiger partial charge in [-0.2, -0.15) is 0 Å². The summed E-state index contributed by atoms with van der Waals surface area (Å²) in [6, 6.07) is 24.5. The number of piperidine rings is 2. The molecule has 0 unspecified atom stereocenters. The second-order valence-corrected chi connectivity index (χ2v) is 24.5. The van der Waals surface area contributed by atoms with Gasteiger partial charge in [0, 0.05) is 47.3 Å². The Balaban J connectivity index is 0.000000190. The van der Waals surface area contributed by atoms with Crippen LogP contribution in [0.2, 0.25) is 0 Å². The van der Waals surface area contributed by atoms with E-state index >= 15 is 0 Å². The van der Waals surface area contributed by atoms with Crippen molar-refractivity contribution in [1.29, 1.82) is 0 Å². The van der Waals surface area contributed by atoms with Crippen LogP contribution in [0.4, 0.5) is 9.59 Å². The van der Waals surface area contributed by atoms with E-state index in [0.717, 1.165) is 74.5 Å². The molecule has 2 amide bonds. The van der Waals surface area contributed by atoms with E-state index in [1.165, 1.54) is 62.5 Å². The molecule has 0 spiro atoms. The molecule has 2 saturated carbocycles. The molecule has 16 nitrogen and oxygen atoms in total. The van der Waals surface area contributed by atoms with Gasteiger partial charge >= 0.3 is 12.2 Å². The van der Waals surface area contributed by atoms with Gasteiger partial charge in [0.1, 0.15) is 34.1 Å². The normalized spacial score (nSPS) is 17.1. The number of aryl methyl sites for hydroxylation is 2. The molecule has 404 valence electrons. The summed E-state index contributed by atoms with van der Waals surface area (Å²) in [7, 11) is 0. The van der Waals surface area contributed by atoms with Gasteiger partial charge in [-0.15, -0.1) is 10.2 Å². The summed E-state index contributed by atoms with van der Waals surface area (Å²) in [5.74, 6) is 3.90. The first-order chi connectivity index (χ1) is 36.3. The highest BCUT2D eigenvalue weighted by atomic mass is 79.9. The number of aromatic nitrogens is 8. The Morgan fingerprint density at radius 3 is 1.29 bits per heavy atom. The number of likely N-dealkylation sites (tertiary alicyclic amines) is 2. The molecule has 18 heteroatoms. The Hall–Kier alpha value is -5.88. The molecule has 10 rings (SSSR count). The predicted molar refractivity (Wildman–Crippen MR) is 299 cm³/mol. The lowest BCUT2D eigenvalue weighted by Crippen LogP contribution is -2.42. The zero-order chi connectivity index (χ0) is 53.7. The number of amides is 2. The standard InChI is InChI=1S/C34H45N5O3.C24H27Br2N5O3/c1-23-32(39(37-36-23)28-16-18-38(19-17-28)33(40)42-34(2,3)4)30-14-9-15-31(35-30)41-29-21-26(24-10-5-6-11-24)20-27(22-29)25-12-7-8-13-25;1-15-22(20-6-5-7-21(27-20)33-19-13-16(25)12-17(26)14-19)31(29-28-15)18-8-10-30(11-9-18)23(32)34-24(2,3)4/h9,14-15,20-22,24-25,28H,5-8,10-13,16-19H2,1-4H3;5-7,12-14,18H,8-11H2,1-4H3. The molecule has 76 heavy (non-hydrogen) atoms. The Morgan fingerprint density at radius 1 is 0.526 bits per heavy atom. The number of rotatable bonds is 10. The number of halogens is 2. The van der Waals surface area contributed by atoms with Crippen molar-refractivity contribution in [2.75, 3.05) is 26.2 Å². The molecule has 2 saturated heterocycles. The van der Waals surface area contributed by atoms with Crippen molar-refractivity contribution in [2.45, 2.75) is 168 Å². The van der Waals surface area contributed by atoms with E-state index in [-0.39, 0.29) is 24.3 Å². The van der Waals surface area contributed by atoms with Crippen molar-refractivity contribution in [2.24, 2.45) is 0 Å². The highest BCUT2D eigenvalue weighted by Gasteiger charge is 2.32. The fraction of sp³-hybridized carbons (Fsp3) is 0.517. The number of hydrogen-bond acceptors (Lipinski definition) is 12. The van der Waals surface area contributed by atoms with Crippen LogP contribution in [0.25, 0.3) is 22.8 Å². The Labute approximate surface area is 463 Å². The molecule has 2 aliphatic heterocycles. The zero-order valence-electron chi connectivity index (χ0n) is 45.2. The molecular formula is C58H72Br2N10O6. The van der Waals surface area contributed by atoms with Crippen LogP contribution in [0.5, 0.6) is 23.3 Å². The van der Waals surface area contributed by atoms with Crippen molar-refractivity contribution in [3.63, 3.8) is 0 Å². The summed E-state index contributed by atoms with van der Waals surface area (Å²) in [4.78, 5) is 38.2. The maximum atomic E-state index is 12.6. The van der Waals surface area contributed by atoms with Gasteiger partial charge in [-0.25, -0.2) is 28.9 Å². The number of ether oxygens (including phenoxy) is 4. The van der Waals surface area contributed by atoms with Crippen LogP contribution in [0, 0.1) is 13.8 Å². The van der Waals surface area contributed by atoms with Gasteiger partial charge in [-0.3, -0.25) is 0 Å². The van der Waals surface area contributed by atoms with Crippen LogP contribution in [0.1, 0.15) is 165 Å².